The van der Waals surface area contributed by atoms with E-state index >= 15 is 0 Å². The summed E-state index contributed by atoms with van der Waals surface area (Å²) in [5.41, 5.74) is 1.46. The maximum Gasteiger partial charge on any atom is 0.193 e. The van der Waals surface area contributed by atoms with Crippen LogP contribution in [0.5, 0.6) is 0 Å². The molecule has 0 unspecified atom stereocenters. The molecule has 0 saturated heterocycles. The zero-order valence-electron chi connectivity index (χ0n) is 21.1. The average molecular weight is 433 g/mol. The fourth-order valence-corrected chi connectivity index (χ4v) is 7.33. The molecule has 30 heavy (non-hydrogen) atoms. The Morgan fingerprint density at radius 3 is 2.23 bits per heavy atom. The van der Waals surface area contributed by atoms with E-state index < -0.39 is 13.9 Å². The molecule has 4 heteroatoms. The van der Waals surface area contributed by atoms with Gasteiger partial charge in [-0.25, -0.2) is 0 Å². The van der Waals surface area contributed by atoms with E-state index in [0.717, 1.165) is 43.1 Å². The number of ketones is 1. The number of carbonyl (C=O) groups excluding carboxylic acids is 2. The van der Waals surface area contributed by atoms with Gasteiger partial charge >= 0.3 is 0 Å². The lowest BCUT2D eigenvalue weighted by Gasteiger charge is -2.55. The van der Waals surface area contributed by atoms with Crippen LogP contribution in [0.15, 0.2) is 23.3 Å². The maximum atomic E-state index is 13.4. The third-order valence-electron chi connectivity index (χ3n) is 8.34. The van der Waals surface area contributed by atoms with Crippen molar-refractivity contribution in [1.82, 2.24) is 0 Å². The Balaban J connectivity index is 2.39. The lowest BCUT2D eigenvalue weighted by Crippen LogP contribution is -2.50. The first-order chi connectivity index (χ1) is 13.5. The molecule has 2 saturated carbocycles. The molecule has 0 radical (unpaired) electrons. The first kappa shape index (κ1) is 25.3. The molecule has 0 spiro atoms. The number of hydrogen-bond acceptors (Lipinski definition) is 3. The van der Waals surface area contributed by atoms with Crippen LogP contribution in [0.4, 0.5) is 0 Å². The third-order valence-corrected chi connectivity index (χ3v) is 13.0. The van der Waals surface area contributed by atoms with E-state index in [4.69, 9.17) is 4.43 Å². The summed E-state index contributed by atoms with van der Waals surface area (Å²) in [6, 6.07) is 0. The molecule has 0 aromatic rings. The number of hydrogen-bond donors (Lipinski definition) is 0. The normalized spacial score (nSPS) is 30.3. The van der Waals surface area contributed by atoms with Crippen molar-refractivity contribution in [3.63, 3.8) is 0 Å². The van der Waals surface area contributed by atoms with Crippen molar-refractivity contribution < 1.29 is 14.0 Å². The fourth-order valence-electron chi connectivity index (χ4n) is 5.64. The summed E-state index contributed by atoms with van der Waals surface area (Å²) in [5, 5.41) is 0.0412. The van der Waals surface area contributed by atoms with Gasteiger partial charge in [0.2, 0.25) is 0 Å². The molecular weight excluding hydrogens is 388 g/mol. The zero-order valence-corrected chi connectivity index (χ0v) is 22.1. The van der Waals surface area contributed by atoms with E-state index in [0.29, 0.717) is 5.92 Å². The van der Waals surface area contributed by atoms with E-state index in [2.05, 4.69) is 54.6 Å². The summed E-state index contributed by atoms with van der Waals surface area (Å²) in [5.74, 6) is 0.546. The van der Waals surface area contributed by atoms with E-state index in [-0.39, 0.29) is 21.7 Å². The lowest BCUT2D eigenvalue weighted by molar-refractivity contribution is -0.127. The van der Waals surface area contributed by atoms with Crippen LogP contribution in [0, 0.1) is 16.7 Å². The molecule has 0 heterocycles. The first-order valence-electron chi connectivity index (χ1n) is 11.6. The van der Waals surface area contributed by atoms with Gasteiger partial charge in [-0.3, -0.25) is 9.59 Å². The first-order valence-corrected chi connectivity index (χ1v) is 14.5. The molecular formula is C26H44O3Si. The van der Waals surface area contributed by atoms with Gasteiger partial charge in [-0.15, -0.1) is 0 Å². The molecule has 0 bridgehead atoms. The van der Waals surface area contributed by atoms with Gasteiger partial charge in [0.15, 0.2) is 14.1 Å². The highest BCUT2D eigenvalue weighted by atomic mass is 28.4. The van der Waals surface area contributed by atoms with Crippen molar-refractivity contribution >= 4 is 20.4 Å². The Bertz CT molecular complexity index is 749. The van der Waals surface area contributed by atoms with Gasteiger partial charge in [-0.05, 0) is 97.7 Å². The smallest absolute Gasteiger partial charge is 0.193 e. The molecule has 3 nitrogen and oxygen atoms in total. The summed E-state index contributed by atoms with van der Waals surface area (Å²) < 4.78 is 6.51. The largest absolute Gasteiger partial charge is 0.405 e. The van der Waals surface area contributed by atoms with Gasteiger partial charge in [-0.1, -0.05) is 48.0 Å². The maximum absolute atomic E-state index is 13.4. The van der Waals surface area contributed by atoms with Crippen LogP contribution in [0.2, 0.25) is 18.1 Å². The summed E-state index contributed by atoms with van der Waals surface area (Å²) >= 11 is 0. The van der Waals surface area contributed by atoms with Gasteiger partial charge in [0.05, 0.1) is 0 Å². The van der Waals surface area contributed by atoms with Gasteiger partial charge in [0.25, 0.3) is 0 Å². The second-order valence-electron chi connectivity index (χ2n) is 12.5. The summed E-state index contributed by atoms with van der Waals surface area (Å²) in [7, 11) is -2.08. The van der Waals surface area contributed by atoms with Gasteiger partial charge in [0.1, 0.15) is 11.9 Å². The number of allylic oxidation sites excluding steroid dienone is 3. The third kappa shape index (κ3) is 4.75. The van der Waals surface area contributed by atoms with Crippen LogP contribution in [0.1, 0.15) is 87.5 Å². The fraction of sp³-hybridized carbons (Fsp3) is 0.769. The molecule has 0 aliphatic heterocycles. The van der Waals surface area contributed by atoms with E-state index in [1.54, 1.807) is 12.2 Å². The van der Waals surface area contributed by atoms with Crippen molar-refractivity contribution in [3.8, 4) is 0 Å². The molecule has 0 aromatic carbocycles. The predicted molar refractivity (Wildman–Crippen MR) is 128 cm³/mol. The SMILES string of the molecule is CC(C)(O[Si](C)(C)C(C)(C)C)C(=O)/C=C1\CC[C@H]2C(C)(C)CCC[C@]2(C)\C1=C\C=O. The van der Waals surface area contributed by atoms with E-state index in [9.17, 15) is 9.59 Å². The van der Waals surface area contributed by atoms with Gasteiger partial charge in [0, 0.05) is 0 Å². The topological polar surface area (TPSA) is 43.4 Å². The standard InChI is InChI=1S/C26H44O3Si/c1-23(2,3)30(9,10)29-25(6,7)22(28)18-19-12-13-21-24(4,5)15-11-16-26(21,8)20(19)14-17-27/h14,17-18,21H,11-13,15-16H2,1-10H3/b19-18+,20-14+/t21-,26+/m0/s1. The van der Waals surface area contributed by atoms with Crippen LogP contribution in [-0.2, 0) is 14.0 Å². The lowest BCUT2D eigenvalue weighted by atomic mass is 9.49. The van der Waals surface area contributed by atoms with Crippen molar-refractivity contribution in [2.24, 2.45) is 16.7 Å². The number of fused-ring (bicyclic) bond motifs is 1. The summed E-state index contributed by atoms with van der Waals surface area (Å²) in [6.07, 6.45) is 9.83. The van der Waals surface area contributed by atoms with Crippen LogP contribution >= 0.6 is 0 Å². The van der Waals surface area contributed by atoms with E-state index in [1.165, 1.54) is 6.42 Å². The Labute approximate surface area is 185 Å². The molecule has 2 rings (SSSR count). The molecule has 0 amide bonds. The monoisotopic (exact) mass is 432 g/mol. The van der Waals surface area contributed by atoms with Crippen molar-refractivity contribution in [1.29, 1.82) is 0 Å². The molecule has 0 N–H and O–H groups in total. The van der Waals surface area contributed by atoms with Crippen LogP contribution in [-0.4, -0.2) is 26.0 Å². The highest BCUT2D eigenvalue weighted by molar-refractivity contribution is 6.74. The minimum Gasteiger partial charge on any atom is -0.405 e. The van der Waals surface area contributed by atoms with Crippen LogP contribution < -0.4 is 0 Å². The minimum atomic E-state index is -2.08. The van der Waals surface area contributed by atoms with Crippen molar-refractivity contribution in [2.45, 2.75) is 111 Å². The Hall–Kier alpha value is -1.00. The predicted octanol–water partition coefficient (Wildman–Crippen LogP) is 7.03. The Morgan fingerprint density at radius 1 is 1.10 bits per heavy atom. The molecule has 2 atom stereocenters. The minimum absolute atomic E-state index is 0.0104. The Morgan fingerprint density at radius 2 is 1.70 bits per heavy atom. The van der Waals surface area contributed by atoms with Gasteiger partial charge < -0.3 is 4.43 Å². The summed E-state index contributed by atoms with van der Waals surface area (Å²) in [4.78, 5) is 25.0. The van der Waals surface area contributed by atoms with Gasteiger partial charge in [-0.2, -0.15) is 0 Å². The van der Waals surface area contributed by atoms with Crippen LogP contribution in [0.25, 0.3) is 0 Å². The molecule has 2 aliphatic carbocycles. The van der Waals surface area contributed by atoms with Crippen LogP contribution in [0.3, 0.4) is 0 Å². The highest BCUT2D eigenvalue weighted by Gasteiger charge is 2.51. The number of rotatable bonds is 5. The quantitative estimate of drug-likeness (QED) is 0.266. The van der Waals surface area contributed by atoms with Crippen molar-refractivity contribution in [3.05, 3.63) is 23.3 Å². The van der Waals surface area contributed by atoms with Crippen molar-refractivity contribution in [2.75, 3.05) is 0 Å². The second kappa shape index (κ2) is 8.16. The summed E-state index contributed by atoms with van der Waals surface area (Å²) in [6.45, 7) is 21.8. The average Bonchev–Trinajstić information content (AvgIpc) is 2.55. The number of aldehydes is 1. The van der Waals surface area contributed by atoms with E-state index in [1.807, 2.05) is 13.8 Å². The number of carbonyl (C=O) groups is 2. The Kier molecular flexibility index (Phi) is 6.87. The zero-order chi connectivity index (χ0) is 23.2. The molecule has 2 aliphatic rings. The molecule has 2 fully saturated rings. The highest BCUT2D eigenvalue weighted by Crippen LogP contribution is 2.60. The molecule has 170 valence electrons. The molecule has 0 aromatic heterocycles. The second-order valence-corrected chi connectivity index (χ2v) is 17.2.